The summed E-state index contributed by atoms with van der Waals surface area (Å²) in [5.74, 6) is -0.321. The van der Waals surface area contributed by atoms with Crippen LogP contribution in [0.15, 0.2) is 21.7 Å². The average molecular weight is 414 g/mol. The van der Waals surface area contributed by atoms with Crippen molar-refractivity contribution in [3.05, 3.63) is 54.2 Å². The van der Waals surface area contributed by atoms with E-state index >= 15 is 0 Å². The molecule has 3 aromatic heterocycles. The maximum Gasteiger partial charge on any atom is 0.332 e. The lowest BCUT2D eigenvalue weighted by molar-refractivity contribution is 0.0948. The number of carbonyl (C=O) groups is 1. The van der Waals surface area contributed by atoms with E-state index in [0.29, 0.717) is 11.9 Å². The van der Waals surface area contributed by atoms with Gasteiger partial charge in [-0.25, -0.2) is 14.8 Å². The van der Waals surface area contributed by atoms with Gasteiger partial charge in [0.15, 0.2) is 0 Å². The number of aryl methyl sites for hydroxylation is 4. The number of carbonyl (C=O) groups excluding carboxylic acids is 1. The summed E-state index contributed by atoms with van der Waals surface area (Å²) >= 11 is 1.80. The number of thiazole rings is 1. The average Bonchev–Trinajstić information content (AvgIpc) is 3.16. The molecule has 0 aliphatic heterocycles. The van der Waals surface area contributed by atoms with Crippen LogP contribution in [0, 0.1) is 0 Å². The highest BCUT2D eigenvalue weighted by molar-refractivity contribution is 7.11. The van der Waals surface area contributed by atoms with Gasteiger partial charge in [-0.15, -0.1) is 11.3 Å². The molecule has 8 nitrogen and oxygen atoms in total. The molecule has 1 aliphatic carbocycles. The van der Waals surface area contributed by atoms with Crippen LogP contribution in [0.1, 0.15) is 45.3 Å². The Labute approximate surface area is 171 Å². The van der Waals surface area contributed by atoms with Crippen molar-refractivity contribution in [1.82, 2.24) is 24.4 Å². The Hall–Kier alpha value is -2.81. The first kappa shape index (κ1) is 19.5. The van der Waals surface area contributed by atoms with Gasteiger partial charge < -0.3 is 5.32 Å². The van der Waals surface area contributed by atoms with Gasteiger partial charge in [-0.05, 0) is 44.2 Å². The van der Waals surface area contributed by atoms with Crippen LogP contribution in [-0.2, 0) is 33.4 Å². The first-order valence-electron chi connectivity index (χ1n) is 9.78. The van der Waals surface area contributed by atoms with Crippen LogP contribution in [0.2, 0.25) is 0 Å². The predicted octanol–water partition coefficient (Wildman–Crippen LogP) is 1.33. The highest BCUT2D eigenvalue weighted by Gasteiger charge is 2.16. The zero-order valence-corrected chi connectivity index (χ0v) is 17.3. The summed E-state index contributed by atoms with van der Waals surface area (Å²) in [5, 5.41) is 4.30. The Morgan fingerprint density at radius 3 is 2.72 bits per heavy atom. The van der Waals surface area contributed by atoms with Gasteiger partial charge in [-0.3, -0.25) is 18.7 Å². The molecule has 3 aromatic rings. The maximum atomic E-state index is 12.4. The Balaban J connectivity index is 1.41. The third-order valence-corrected chi connectivity index (χ3v) is 6.49. The molecule has 0 bridgehead atoms. The molecule has 0 spiro atoms. The van der Waals surface area contributed by atoms with Crippen molar-refractivity contribution < 1.29 is 4.79 Å². The molecule has 1 N–H and O–H groups in total. The van der Waals surface area contributed by atoms with Crippen LogP contribution in [0.25, 0.3) is 11.0 Å². The number of nitrogens with one attached hydrogen (secondary N) is 1. The summed E-state index contributed by atoms with van der Waals surface area (Å²) in [6.07, 6.45) is 6.34. The predicted molar refractivity (Wildman–Crippen MR) is 112 cm³/mol. The summed E-state index contributed by atoms with van der Waals surface area (Å²) in [7, 11) is 2.95. The molecule has 1 amide bonds. The monoisotopic (exact) mass is 413 g/mol. The summed E-state index contributed by atoms with van der Waals surface area (Å²) in [4.78, 5) is 47.1. The van der Waals surface area contributed by atoms with Gasteiger partial charge in [0.1, 0.15) is 11.3 Å². The molecule has 0 saturated carbocycles. The zero-order valence-electron chi connectivity index (χ0n) is 16.5. The van der Waals surface area contributed by atoms with E-state index in [1.165, 1.54) is 48.1 Å². The lowest BCUT2D eigenvalue weighted by atomic mass is 10.0. The molecule has 0 fully saturated rings. The second-order valence-corrected chi connectivity index (χ2v) is 8.49. The second kappa shape index (κ2) is 7.90. The van der Waals surface area contributed by atoms with Crippen molar-refractivity contribution in [2.45, 2.75) is 38.5 Å². The third kappa shape index (κ3) is 3.74. The van der Waals surface area contributed by atoms with Crippen molar-refractivity contribution in [2.24, 2.45) is 14.1 Å². The first-order chi connectivity index (χ1) is 14.0. The molecule has 4 rings (SSSR count). The fourth-order valence-corrected chi connectivity index (χ4v) is 4.82. The molecule has 0 unspecified atom stereocenters. The number of amides is 1. The largest absolute Gasteiger partial charge is 0.351 e. The molecule has 0 aromatic carbocycles. The molecule has 0 saturated heterocycles. The Morgan fingerprint density at radius 2 is 1.93 bits per heavy atom. The molecule has 3 heterocycles. The van der Waals surface area contributed by atoms with E-state index in [-0.39, 0.29) is 17.2 Å². The minimum atomic E-state index is -0.473. The zero-order chi connectivity index (χ0) is 20.5. The van der Waals surface area contributed by atoms with Gasteiger partial charge in [-0.2, -0.15) is 0 Å². The van der Waals surface area contributed by atoms with Gasteiger partial charge in [0, 0.05) is 31.9 Å². The third-order valence-electron chi connectivity index (χ3n) is 5.28. The van der Waals surface area contributed by atoms with E-state index < -0.39 is 11.2 Å². The van der Waals surface area contributed by atoms with Crippen molar-refractivity contribution in [1.29, 1.82) is 0 Å². The van der Waals surface area contributed by atoms with E-state index in [2.05, 4.69) is 10.3 Å². The van der Waals surface area contributed by atoms with Gasteiger partial charge in [0.05, 0.1) is 16.1 Å². The lowest BCUT2D eigenvalue weighted by Gasteiger charge is -2.08. The van der Waals surface area contributed by atoms with Crippen molar-refractivity contribution in [3.8, 4) is 0 Å². The van der Waals surface area contributed by atoms with Crippen LogP contribution in [0.5, 0.6) is 0 Å². The van der Waals surface area contributed by atoms with Gasteiger partial charge in [-0.1, -0.05) is 0 Å². The minimum Gasteiger partial charge on any atom is -0.351 e. The van der Waals surface area contributed by atoms with E-state index in [1.54, 1.807) is 17.4 Å². The fourth-order valence-electron chi connectivity index (χ4n) is 3.63. The Morgan fingerprint density at radius 1 is 1.14 bits per heavy atom. The van der Waals surface area contributed by atoms with E-state index in [1.807, 2.05) is 0 Å². The smallest absolute Gasteiger partial charge is 0.332 e. The Kier molecular flexibility index (Phi) is 5.31. The molecule has 29 heavy (non-hydrogen) atoms. The van der Waals surface area contributed by atoms with Crippen LogP contribution in [0.4, 0.5) is 0 Å². The van der Waals surface area contributed by atoms with Crippen LogP contribution >= 0.6 is 11.3 Å². The number of nitrogens with zero attached hydrogens (tertiary/aromatic N) is 4. The number of hydrogen-bond acceptors (Lipinski definition) is 6. The van der Waals surface area contributed by atoms with E-state index in [9.17, 15) is 14.4 Å². The normalized spacial score (nSPS) is 13.4. The molecular formula is C20H23N5O3S. The van der Waals surface area contributed by atoms with Crippen LogP contribution in [0.3, 0.4) is 0 Å². The maximum absolute atomic E-state index is 12.4. The van der Waals surface area contributed by atoms with Gasteiger partial charge >= 0.3 is 5.69 Å². The fraction of sp³-hybridized carbons (Fsp3) is 0.450. The second-order valence-electron chi connectivity index (χ2n) is 7.32. The number of hydrogen-bond donors (Lipinski definition) is 1. The highest BCUT2D eigenvalue weighted by Crippen LogP contribution is 2.27. The van der Waals surface area contributed by atoms with E-state index in [0.717, 1.165) is 35.3 Å². The summed E-state index contributed by atoms with van der Waals surface area (Å²) in [6, 6.07) is 3.05. The highest BCUT2D eigenvalue weighted by atomic mass is 32.1. The molecular weight excluding hydrogens is 390 g/mol. The van der Waals surface area contributed by atoms with Crippen LogP contribution < -0.4 is 16.6 Å². The van der Waals surface area contributed by atoms with Crippen LogP contribution in [-0.4, -0.2) is 31.6 Å². The minimum absolute atomic E-state index is 0.186. The number of fused-ring (bicyclic) bond motifs is 2. The number of pyridine rings is 1. The topological polar surface area (TPSA) is 98.9 Å². The first-order valence-corrected chi connectivity index (χ1v) is 10.6. The molecule has 0 atom stereocenters. The summed E-state index contributed by atoms with van der Waals surface area (Å²) < 4.78 is 2.30. The standard InChI is InChI=1S/C20H23N5O3S/c1-24-17-12(19(27)25(2)20(24)28)9-10-14(23-17)18(26)21-11-5-8-16-22-13-6-3-4-7-15(13)29-16/h9-10H,3-8,11H2,1-2H3,(H,21,26). The quantitative estimate of drug-likeness (QED) is 0.636. The van der Waals surface area contributed by atoms with Gasteiger partial charge in [0.25, 0.3) is 11.5 Å². The molecule has 9 heteroatoms. The van der Waals surface area contributed by atoms with Gasteiger partial charge in [0.2, 0.25) is 0 Å². The molecule has 1 aliphatic rings. The Bertz CT molecular complexity index is 1180. The molecule has 0 radical (unpaired) electrons. The lowest BCUT2D eigenvalue weighted by Crippen LogP contribution is -2.37. The summed E-state index contributed by atoms with van der Waals surface area (Å²) in [6.45, 7) is 0.512. The number of aromatic nitrogens is 4. The summed E-state index contributed by atoms with van der Waals surface area (Å²) in [5.41, 5.74) is 0.759. The molecule has 152 valence electrons. The SMILES string of the molecule is Cn1c(=O)c2ccc(C(=O)NCCCc3nc4c(s3)CCCC4)nc2n(C)c1=O. The van der Waals surface area contributed by atoms with Crippen molar-refractivity contribution >= 4 is 28.3 Å². The number of rotatable bonds is 5. The van der Waals surface area contributed by atoms with E-state index in [4.69, 9.17) is 4.98 Å². The van der Waals surface area contributed by atoms with Crippen molar-refractivity contribution in [3.63, 3.8) is 0 Å². The van der Waals surface area contributed by atoms with Crippen molar-refractivity contribution in [2.75, 3.05) is 6.54 Å².